The second-order valence-electron chi connectivity index (χ2n) is 4.74. The van der Waals surface area contributed by atoms with Crippen LogP contribution < -0.4 is 5.32 Å². The molecule has 0 aliphatic carbocycles. The molecule has 2 N–H and O–H groups in total. The number of benzene rings is 2. The molecule has 0 radical (unpaired) electrons. The Morgan fingerprint density at radius 3 is 2.48 bits per heavy atom. The van der Waals surface area contributed by atoms with Crippen LogP contribution in [0.25, 0.3) is 0 Å². The van der Waals surface area contributed by atoms with Crippen molar-refractivity contribution in [3.05, 3.63) is 57.6 Å². The van der Waals surface area contributed by atoms with Crippen molar-refractivity contribution in [3.63, 3.8) is 0 Å². The average molecular weight is 354 g/mol. The Balaban J connectivity index is 1.99. The highest BCUT2D eigenvalue weighted by atomic mass is 35.5. The van der Waals surface area contributed by atoms with Crippen molar-refractivity contribution in [3.8, 4) is 5.75 Å². The second-order valence-corrected chi connectivity index (χ2v) is 5.56. The first-order valence-corrected chi connectivity index (χ1v) is 7.34. The number of phenols is 1. The van der Waals surface area contributed by atoms with Crippen LogP contribution in [-0.4, -0.2) is 23.6 Å². The molecule has 0 atom stereocenters. The Bertz CT molecular complexity index is 741. The highest BCUT2D eigenvalue weighted by molar-refractivity contribution is 6.39. The number of aryl methyl sites for hydroxylation is 1. The normalized spacial score (nSPS) is 10.2. The molecular weight excluding hydrogens is 341 g/mol. The lowest BCUT2D eigenvalue weighted by Gasteiger charge is -2.10. The number of carbonyl (C=O) groups excluding carboxylic acids is 2. The minimum atomic E-state index is -0.799. The Hall–Kier alpha value is -2.24. The van der Waals surface area contributed by atoms with Crippen LogP contribution in [-0.2, 0) is 9.53 Å². The van der Waals surface area contributed by atoms with Crippen molar-refractivity contribution in [2.75, 3.05) is 11.9 Å². The Kier molecular flexibility index (Phi) is 5.47. The van der Waals surface area contributed by atoms with Crippen LogP contribution in [0.4, 0.5) is 5.69 Å². The van der Waals surface area contributed by atoms with Gasteiger partial charge in [-0.1, -0.05) is 40.9 Å². The Labute approximate surface area is 142 Å². The molecule has 23 heavy (non-hydrogen) atoms. The highest BCUT2D eigenvalue weighted by Crippen LogP contribution is 2.29. The first kappa shape index (κ1) is 17.1. The second kappa shape index (κ2) is 7.35. The standard InChI is InChI=1S/C16H13Cl2NO4/c1-9-5-6-13(20)10(7-9)16(22)23-8-14(21)19-15-11(17)3-2-4-12(15)18/h2-7,20H,8H2,1H3,(H,19,21). The van der Waals surface area contributed by atoms with Gasteiger partial charge in [-0.05, 0) is 31.2 Å². The monoisotopic (exact) mass is 353 g/mol. The molecule has 0 bridgehead atoms. The molecule has 2 rings (SSSR count). The number of ether oxygens (including phenoxy) is 1. The number of amides is 1. The molecule has 0 heterocycles. The molecule has 0 spiro atoms. The van der Waals surface area contributed by atoms with E-state index in [0.717, 1.165) is 5.56 Å². The number of nitrogens with one attached hydrogen (secondary N) is 1. The summed E-state index contributed by atoms with van der Waals surface area (Å²) in [6.07, 6.45) is 0. The first-order chi connectivity index (χ1) is 10.9. The quantitative estimate of drug-likeness (QED) is 0.819. The summed E-state index contributed by atoms with van der Waals surface area (Å²) in [6.45, 7) is 1.23. The van der Waals surface area contributed by atoms with Gasteiger partial charge in [-0.3, -0.25) is 4.79 Å². The number of phenolic OH excluding ortho intramolecular Hbond substituents is 1. The SMILES string of the molecule is Cc1ccc(O)c(C(=O)OCC(=O)Nc2c(Cl)cccc2Cl)c1. The molecule has 0 saturated carbocycles. The minimum Gasteiger partial charge on any atom is -0.507 e. The molecule has 0 aliphatic rings. The van der Waals surface area contributed by atoms with Crippen LogP contribution in [0, 0.1) is 6.92 Å². The summed E-state index contributed by atoms with van der Waals surface area (Å²) in [6, 6.07) is 9.29. The summed E-state index contributed by atoms with van der Waals surface area (Å²) < 4.78 is 4.88. The minimum absolute atomic E-state index is 0.00595. The molecule has 0 fully saturated rings. The maximum Gasteiger partial charge on any atom is 0.342 e. The van der Waals surface area contributed by atoms with E-state index in [1.54, 1.807) is 31.2 Å². The number of esters is 1. The molecule has 5 nitrogen and oxygen atoms in total. The third-order valence-corrected chi connectivity index (χ3v) is 3.56. The van der Waals surface area contributed by atoms with Crippen molar-refractivity contribution in [2.45, 2.75) is 6.92 Å². The third kappa shape index (κ3) is 4.37. The molecule has 0 aromatic heterocycles. The Morgan fingerprint density at radius 1 is 1.17 bits per heavy atom. The van der Waals surface area contributed by atoms with Crippen molar-refractivity contribution >= 4 is 40.8 Å². The lowest BCUT2D eigenvalue weighted by Crippen LogP contribution is -2.21. The molecule has 2 aromatic rings. The largest absolute Gasteiger partial charge is 0.507 e. The number of aromatic hydroxyl groups is 1. The molecule has 7 heteroatoms. The van der Waals surface area contributed by atoms with E-state index in [1.165, 1.54) is 12.1 Å². The number of anilines is 1. The van der Waals surface area contributed by atoms with Gasteiger partial charge < -0.3 is 15.2 Å². The first-order valence-electron chi connectivity index (χ1n) is 6.59. The fraction of sp³-hybridized carbons (Fsp3) is 0.125. The van der Waals surface area contributed by atoms with Crippen molar-refractivity contribution in [1.82, 2.24) is 0 Å². The molecule has 0 unspecified atom stereocenters. The van der Waals surface area contributed by atoms with Gasteiger partial charge in [0, 0.05) is 0 Å². The van der Waals surface area contributed by atoms with Gasteiger partial charge >= 0.3 is 5.97 Å². The summed E-state index contributed by atoms with van der Waals surface area (Å²) in [5, 5.41) is 12.7. The molecule has 2 aromatic carbocycles. The van der Waals surface area contributed by atoms with Gasteiger partial charge in [-0.25, -0.2) is 4.79 Å². The van der Waals surface area contributed by atoms with Crippen LogP contribution in [0.2, 0.25) is 10.0 Å². The van der Waals surface area contributed by atoms with Crippen LogP contribution in [0.3, 0.4) is 0 Å². The number of halogens is 2. The van der Waals surface area contributed by atoms with Crippen molar-refractivity contribution in [2.24, 2.45) is 0 Å². The van der Waals surface area contributed by atoms with Gasteiger partial charge in [0.2, 0.25) is 0 Å². The van der Waals surface area contributed by atoms with Gasteiger partial charge in [0.25, 0.3) is 5.91 Å². The average Bonchev–Trinajstić information content (AvgIpc) is 2.51. The van der Waals surface area contributed by atoms with E-state index in [2.05, 4.69) is 5.32 Å². The third-order valence-electron chi connectivity index (χ3n) is 2.93. The number of hydrogen-bond acceptors (Lipinski definition) is 4. The number of rotatable bonds is 4. The molecular formula is C16H13Cl2NO4. The summed E-state index contributed by atoms with van der Waals surface area (Å²) in [4.78, 5) is 23.7. The molecule has 120 valence electrons. The summed E-state index contributed by atoms with van der Waals surface area (Å²) >= 11 is 11.9. The van der Waals surface area contributed by atoms with Gasteiger partial charge in [0.1, 0.15) is 11.3 Å². The van der Waals surface area contributed by atoms with E-state index >= 15 is 0 Å². The van der Waals surface area contributed by atoms with E-state index in [4.69, 9.17) is 27.9 Å². The van der Waals surface area contributed by atoms with Gasteiger partial charge in [-0.15, -0.1) is 0 Å². The smallest absolute Gasteiger partial charge is 0.342 e. The maximum atomic E-state index is 11.9. The van der Waals surface area contributed by atoms with Crippen molar-refractivity contribution in [1.29, 1.82) is 0 Å². The zero-order chi connectivity index (χ0) is 17.0. The van der Waals surface area contributed by atoms with Crippen molar-refractivity contribution < 1.29 is 19.4 Å². The summed E-state index contributed by atoms with van der Waals surface area (Å²) in [5.74, 6) is -1.61. The maximum absolute atomic E-state index is 11.9. The predicted octanol–water partition coefficient (Wildman–Crippen LogP) is 3.80. The van der Waals surface area contributed by atoms with E-state index in [-0.39, 0.29) is 27.0 Å². The zero-order valence-corrected chi connectivity index (χ0v) is 13.6. The van der Waals surface area contributed by atoms with E-state index in [1.807, 2.05) is 0 Å². The van der Waals surface area contributed by atoms with Crippen LogP contribution in [0.1, 0.15) is 15.9 Å². The van der Waals surface area contributed by atoms with E-state index in [0.29, 0.717) is 0 Å². The molecule has 0 aliphatic heterocycles. The summed E-state index contributed by atoms with van der Waals surface area (Å²) in [7, 11) is 0. The highest BCUT2D eigenvalue weighted by Gasteiger charge is 2.16. The van der Waals surface area contributed by atoms with E-state index < -0.39 is 18.5 Å². The lowest BCUT2D eigenvalue weighted by atomic mass is 10.1. The van der Waals surface area contributed by atoms with Crippen LogP contribution >= 0.6 is 23.2 Å². The van der Waals surface area contributed by atoms with Crippen LogP contribution in [0.15, 0.2) is 36.4 Å². The lowest BCUT2D eigenvalue weighted by molar-refractivity contribution is -0.119. The Morgan fingerprint density at radius 2 is 1.83 bits per heavy atom. The zero-order valence-electron chi connectivity index (χ0n) is 12.1. The van der Waals surface area contributed by atoms with E-state index in [9.17, 15) is 14.7 Å². The fourth-order valence-corrected chi connectivity index (χ4v) is 2.31. The molecule has 0 saturated heterocycles. The topological polar surface area (TPSA) is 75.6 Å². The van der Waals surface area contributed by atoms with Gasteiger partial charge in [-0.2, -0.15) is 0 Å². The molecule has 1 amide bonds. The predicted molar refractivity (Wildman–Crippen MR) is 88.2 cm³/mol. The number of hydrogen-bond donors (Lipinski definition) is 2. The van der Waals surface area contributed by atoms with Gasteiger partial charge in [0.05, 0.1) is 15.7 Å². The number of para-hydroxylation sites is 1. The van der Waals surface area contributed by atoms with Gasteiger partial charge in [0.15, 0.2) is 6.61 Å². The summed E-state index contributed by atoms with van der Waals surface area (Å²) in [5.41, 5.74) is 1.02. The number of carbonyl (C=O) groups is 2. The van der Waals surface area contributed by atoms with Crippen LogP contribution in [0.5, 0.6) is 5.75 Å². The fourth-order valence-electron chi connectivity index (χ4n) is 1.81.